The lowest BCUT2D eigenvalue weighted by molar-refractivity contribution is -0.121. The van der Waals surface area contributed by atoms with E-state index in [0.717, 1.165) is 17.0 Å². The van der Waals surface area contributed by atoms with Crippen molar-refractivity contribution in [2.24, 2.45) is 0 Å². The number of aryl methyl sites for hydroxylation is 2. The highest BCUT2D eigenvalue weighted by atomic mass is 16.5. The summed E-state index contributed by atoms with van der Waals surface area (Å²) in [7, 11) is 1.58. The zero-order chi connectivity index (χ0) is 17.7. The quantitative estimate of drug-likeness (QED) is 0.727. The maximum Gasteiger partial charge on any atom is 0.220 e. The molecule has 0 saturated heterocycles. The number of aliphatic hydroxyl groups is 1. The molecule has 0 aliphatic carbocycles. The predicted molar refractivity (Wildman–Crippen MR) is 92.1 cm³/mol. The number of amides is 1. The van der Waals surface area contributed by atoms with Gasteiger partial charge in [-0.3, -0.25) is 9.89 Å². The number of rotatable bonds is 7. The largest absolute Gasteiger partial charge is 0.497 e. The van der Waals surface area contributed by atoms with E-state index < -0.39 is 6.10 Å². The second-order valence-corrected chi connectivity index (χ2v) is 6.05. The van der Waals surface area contributed by atoms with E-state index in [1.807, 2.05) is 32.9 Å². The summed E-state index contributed by atoms with van der Waals surface area (Å²) in [6, 6.07) is 7.19. The second kappa shape index (κ2) is 7.97. The number of aromatic nitrogens is 2. The Morgan fingerprint density at radius 2 is 2.17 bits per heavy atom. The maximum atomic E-state index is 12.2. The Balaban J connectivity index is 1.88. The SMILES string of the molecule is COc1cccc(C(O)CNC(=O)CC(C)c2c(C)n[nH]c2C)c1. The highest BCUT2D eigenvalue weighted by molar-refractivity contribution is 5.77. The van der Waals surface area contributed by atoms with Crippen molar-refractivity contribution < 1.29 is 14.6 Å². The first kappa shape index (κ1) is 18.0. The van der Waals surface area contributed by atoms with Crippen LogP contribution in [-0.4, -0.2) is 34.9 Å². The van der Waals surface area contributed by atoms with Crippen LogP contribution in [0.3, 0.4) is 0 Å². The van der Waals surface area contributed by atoms with Crippen molar-refractivity contribution in [2.75, 3.05) is 13.7 Å². The molecular formula is C18H25N3O3. The third-order valence-electron chi connectivity index (χ3n) is 4.14. The number of hydrogen-bond donors (Lipinski definition) is 3. The molecule has 1 aromatic heterocycles. The Morgan fingerprint density at radius 3 is 2.79 bits per heavy atom. The Bertz CT molecular complexity index is 677. The molecule has 1 amide bonds. The molecule has 1 heterocycles. The Hall–Kier alpha value is -2.34. The van der Waals surface area contributed by atoms with E-state index in [0.29, 0.717) is 17.7 Å². The van der Waals surface area contributed by atoms with E-state index in [1.54, 1.807) is 19.2 Å². The zero-order valence-electron chi connectivity index (χ0n) is 14.6. The number of carbonyl (C=O) groups is 1. The van der Waals surface area contributed by atoms with Gasteiger partial charge in [0.05, 0.1) is 18.9 Å². The molecule has 1 aromatic carbocycles. The van der Waals surface area contributed by atoms with Crippen LogP contribution in [0.1, 0.15) is 47.9 Å². The monoisotopic (exact) mass is 331 g/mol. The minimum Gasteiger partial charge on any atom is -0.497 e. The third-order valence-corrected chi connectivity index (χ3v) is 4.14. The van der Waals surface area contributed by atoms with Crippen LogP contribution in [0, 0.1) is 13.8 Å². The van der Waals surface area contributed by atoms with Gasteiger partial charge in [-0.15, -0.1) is 0 Å². The van der Waals surface area contributed by atoms with Crippen LogP contribution in [0.25, 0.3) is 0 Å². The highest BCUT2D eigenvalue weighted by Crippen LogP contribution is 2.24. The number of methoxy groups -OCH3 is 1. The summed E-state index contributed by atoms with van der Waals surface area (Å²) < 4.78 is 5.14. The number of carbonyl (C=O) groups excluding carboxylic acids is 1. The van der Waals surface area contributed by atoms with E-state index in [1.165, 1.54) is 0 Å². The second-order valence-electron chi connectivity index (χ2n) is 6.05. The minimum atomic E-state index is -0.767. The number of benzene rings is 1. The normalized spacial score (nSPS) is 13.4. The van der Waals surface area contributed by atoms with Crippen LogP contribution in [0.4, 0.5) is 0 Å². The standard InChI is InChI=1S/C18H25N3O3/c1-11(18-12(2)20-21-13(18)3)8-17(23)19-10-16(22)14-6-5-7-15(9-14)24-4/h5-7,9,11,16,22H,8,10H2,1-4H3,(H,19,23)(H,20,21). The van der Waals surface area contributed by atoms with Crippen molar-refractivity contribution >= 4 is 5.91 Å². The minimum absolute atomic E-state index is 0.0673. The van der Waals surface area contributed by atoms with E-state index >= 15 is 0 Å². The summed E-state index contributed by atoms with van der Waals surface area (Å²) in [5.41, 5.74) is 3.70. The fourth-order valence-corrected chi connectivity index (χ4v) is 2.92. The van der Waals surface area contributed by atoms with Gasteiger partial charge in [0.25, 0.3) is 0 Å². The number of aliphatic hydroxyl groups excluding tert-OH is 1. The smallest absolute Gasteiger partial charge is 0.220 e. The van der Waals surface area contributed by atoms with Crippen molar-refractivity contribution in [3.8, 4) is 5.75 Å². The average Bonchev–Trinajstić information content (AvgIpc) is 2.91. The van der Waals surface area contributed by atoms with Crippen LogP contribution >= 0.6 is 0 Å². The summed E-state index contributed by atoms with van der Waals surface area (Å²) in [4.78, 5) is 12.2. The van der Waals surface area contributed by atoms with Crippen molar-refractivity contribution in [1.29, 1.82) is 0 Å². The molecule has 2 atom stereocenters. The molecule has 2 aromatic rings. The predicted octanol–water partition coefficient (Wildman–Crippen LogP) is 2.38. The molecule has 0 aliphatic rings. The maximum absolute atomic E-state index is 12.2. The van der Waals surface area contributed by atoms with Gasteiger partial charge in [0, 0.05) is 18.7 Å². The molecule has 0 saturated carbocycles. The van der Waals surface area contributed by atoms with Gasteiger partial charge in [-0.2, -0.15) is 5.10 Å². The first-order valence-electron chi connectivity index (χ1n) is 8.02. The molecule has 130 valence electrons. The zero-order valence-corrected chi connectivity index (χ0v) is 14.6. The molecule has 0 radical (unpaired) electrons. The van der Waals surface area contributed by atoms with E-state index in [9.17, 15) is 9.90 Å². The van der Waals surface area contributed by atoms with Crippen LogP contribution in [0.15, 0.2) is 24.3 Å². The number of H-pyrrole nitrogens is 1. The molecule has 2 rings (SSSR count). The molecular weight excluding hydrogens is 306 g/mol. The van der Waals surface area contributed by atoms with Crippen molar-refractivity contribution in [1.82, 2.24) is 15.5 Å². The van der Waals surface area contributed by atoms with Crippen molar-refractivity contribution in [2.45, 2.75) is 39.2 Å². The van der Waals surface area contributed by atoms with Gasteiger partial charge in [-0.25, -0.2) is 0 Å². The molecule has 0 fully saturated rings. The summed E-state index contributed by atoms with van der Waals surface area (Å²) in [6.07, 6.45) is -0.414. The van der Waals surface area contributed by atoms with Gasteiger partial charge in [0.15, 0.2) is 0 Å². The highest BCUT2D eigenvalue weighted by Gasteiger charge is 2.18. The van der Waals surface area contributed by atoms with Crippen LogP contribution < -0.4 is 10.1 Å². The van der Waals surface area contributed by atoms with Gasteiger partial charge < -0.3 is 15.2 Å². The van der Waals surface area contributed by atoms with Gasteiger partial charge in [0.2, 0.25) is 5.91 Å². The van der Waals surface area contributed by atoms with Crippen LogP contribution in [0.2, 0.25) is 0 Å². The lowest BCUT2D eigenvalue weighted by atomic mass is 9.95. The number of aromatic amines is 1. The topological polar surface area (TPSA) is 87.2 Å². The first-order chi connectivity index (χ1) is 11.4. The fraction of sp³-hybridized carbons (Fsp3) is 0.444. The molecule has 0 spiro atoms. The third kappa shape index (κ3) is 4.35. The Labute approximate surface area is 142 Å². The Morgan fingerprint density at radius 1 is 1.42 bits per heavy atom. The van der Waals surface area contributed by atoms with Gasteiger partial charge >= 0.3 is 0 Å². The van der Waals surface area contributed by atoms with E-state index in [4.69, 9.17) is 4.74 Å². The molecule has 6 nitrogen and oxygen atoms in total. The first-order valence-corrected chi connectivity index (χ1v) is 8.02. The average molecular weight is 331 g/mol. The van der Waals surface area contributed by atoms with Crippen molar-refractivity contribution in [3.05, 3.63) is 46.8 Å². The van der Waals surface area contributed by atoms with Gasteiger partial charge in [-0.05, 0) is 43.0 Å². The number of ether oxygens (including phenoxy) is 1. The number of nitrogens with one attached hydrogen (secondary N) is 2. The molecule has 3 N–H and O–H groups in total. The van der Waals surface area contributed by atoms with Gasteiger partial charge in [-0.1, -0.05) is 19.1 Å². The fourth-order valence-electron chi connectivity index (χ4n) is 2.92. The summed E-state index contributed by atoms with van der Waals surface area (Å²) in [6.45, 7) is 6.06. The summed E-state index contributed by atoms with van der Waals surface area (Å²) >= 11 is 0. The Kier molecular flexibility index (Phi) is 5.98. The number of nitrogens with zero attached hydrogens (tertiary/aromatic N) is 1. The van der Waals surface area contributed by atoms with Crippen LogP contribution in [-0.2, 0) is 4.79 Å². The van der Waals surface area contributed by atoms with E-state index in [2.05, 4.69) is 15.5 Å². The molecule has 2 unspecified atom stereocenters. The molecule has 24 heavy (non-hydrogen) atoms. The number of hydrogen-bond acceptors (Lipinski definition) is 4. The van der Waals surface area contributed by atoms with Gasteiger partial charge in [0.1, 0.15) is 5.75 Å². The lowest BCUT2D eigenvalue weighted by Crippen LogP contribution is -2.29. The summed E-state index contributed by atoms with van der Waals surface area (Å²) in [5.74, 6) is 0.652. The van der Waals surface area contributed by atoms with E-state index in [-0.39, 0.29) is 18.4 Å². The van der Waals surface area contributed by atoms with Crippen LogP contribution in [0.5, 0.6) is 5.75 Å². The molecule has 0 bridgehead atoms. The molecule has 0 aliphatic heterocycles. The van der Waals surface area contributed by atoms with Crippen molar-refractivity contribution in [3.63, 3.8) is 0 Å². The lowest BCUT2D eigenvalue weighted by Gasteiger charge is -2.15. The molecule has 6 heteroatoms. The summed E-state index contributed by atoms with van der Waals surface area (Å²) in [5, 5.41) is 20.1.